The maximum Gasteiger partial charge on any atom is 0.258 e. The third kappa shape index (κ3) is 1.91. The van der Waals surface area contributed by atoms with Crippen LogP contribution in [0.3, 0.4) is 0 Å². The van der Waals surface area contributed by atoms with Gasteiger partial charge in [0.1, 0.15) is 0 Å². The van der Waals surface area contributed by atoms with Gasteiger partial charge >= 0.3 is 0 Å². The lowest BCUT2D eigenvalue weighted by Gasteiger charge is -2.10. The number of carbonyl (C=O) groups excluding carboxylic acids is 2. The first-order valence-electron chi connectivity index (χ1n) is 5.38. The van der Waals surface area contributed by atoms with E-state index in [4.69, 9.17) is 0 Å². The summed E-state index contributed by atoms with van der Waals surface area (Å²) >= 11 is 0. The summed E-state index contributed by atoms with van der Waals surface area (Å²) in [5.74, 6) is -0.362. The average Bonchev–Trinajstić information content (AvgIpc) is 2.31. The van der Waals surface area contributed by atoms with Crippen molar-refractivity contribution in [2.24, 2.45) is 0 Å². The Kier molecular flexibility index (Phi) is 2.91. The van der Waals surface area contributed by atoms with E-state index in [1.165, 1.54) is 0 Å². The zero-order valence-electron chi connectivity index (χ0n) is 9.78. The maximum absolute atomic E-state index is 11.8. The highest BCUT2D eigenvalue weighted by molar-refractivity contribution is 6.11. The molecule has 0 aliphatic rings. The molecule has 17 heavy (non-hydrogen) atoms. The van der Waals surface area contributed by atoms with Gasteiger partial charge in [-0.15, -0.1) is 0 Å². The first-order chi connectivity index (χ1) is 8.15. The van der Waals surface area contributed by atoms with Crippen LogP contribution in [0.5, 0.6) is 0 Å². The van der Waals surface area contributed by atoms with Gasteiger partial charge < -0.3 is 0 Å². The summed E-state index contributed by atoms with van der Waals surface area (Å²) in [6.45, 7) is 3.96. The van der Waals surface area contributed by atoms with Gasteiger partial charge in [0.15, 0.2) is 0 Å². The predicted molar refractivity (Wildman–Crippen MR) is 67.0 cm³/mol. The third-order valence-corrected chi connectivity index (χ3v) is 2.90. The number of amides is 2. The Hall–Kier alpha value is -2.16. The van der Waals surface area contributed by atoms with Crippen LogP contribution in [0.2, 0.25) is 0 Å². The zero-order valence-corrected chi connectivity index (χ0v) is 9.78. The average molecular weight is 227 g/mol. The second-order valence-corrected chi connectivity index (χ2v) is 4.02. The molecule has 0 radical (unpaired) electrons. The minimum Gasteiger partial charge on any atom is -0.295 e. The van der Waals surface area contributed by atoms with E-state index in [0.29, 0.717) is 12.0 Å². The molecule has 0 spiro atoms. The van der Waals surface area contributed by atoms with E-state index in [-0.39, 0.29) is 5.91 Å². The zero-order chi connectivity index (χ0) is 12.4. The SMILES string of the molecule is Cc1ccc(C(=O)NC=O)c2c(C)cccc12. The molecule has 0 fully saturated rings. The second-order valence-electron chi connectivity index (χ2n) is 4.02. The third-order valence-electron chi connectivity index (χ3n) is 2.90. The number of nitrogens with one attached hydrogen (secondary N) is 1. The summed E-state index contributed by atoms with van der Waals surface area (Å²) in [5, 5.41) is 4.14. The van der Waals surface area contributed by atoms with Crippen molar-refractivity contribution in [3.8, 4) is 0 Å². The van der Waals surface area contributed by atoms with E-state index in [0.717, 1.165) is 21.9 Å². The Morgan fingerprint density at radius 1 is 1.12 bits per heavy atom. The van der Waals surface area contributed by atoms with E-state index in [9.17, 15) is 9.59 Å². The van der Waals surface area contributed by atoms with Gasteiger partial charge in [-0.2, -0.15) is 0 Å². The highest BCUT2D eigenvalue weighted by atomic mass is 16.2. The van der Waals surface area contributed by atoms with Crippen molar-refractivity contribution in [3.63, 3.8) is 0 Å². The molecule has 0 saturated carbocycles. The van der Waals surface area contributed by atoms with E-state index < -0.39 is 0 Å². The lowest BCUT2D eigenvalue weighted by Crippen LogP contribution is -2.21. The van der Waals surface area contributed by atoms with Crippen molar-refractivity contribution < 1.29 is 9.59 Å². The minimum absolute atomic E-state index is 0.362. The number of hydrogen-bond donors (Lipinski definition) is 1. The first kappa shape index (κ1) is 11.3. The molecule has 2 amide bonds. The van der Waals surface area contributed by atoms with Crippen LogP contribution in [0.1, 0.15) is 21.5 Å². The molecule has 0 aromatic heterocycles. The molecule has 0 unspecified atom stereocenters. The van der Waals surface area contributed by atoms with Crippen molar-refractivity contribution in [1.29, 1.82) is 0 Å². The molecule has 2 aromatic carbocycles. The summed E-state index contributed by atoms with van der Waals surface area (Å²) in [5.41, 5.74) is 2.68. The van der Waals surface area contributed by atoms with Crippen molar-refractivity contribution in [2.45, 2.75) is 13.8 Å². The van der Waals surface area contributed by atoms with Crippen LogP contribution >= 0.6 is 0 Å². The van der Waals surface area contributed by atoms with Gasteiger partial charge in [-0.3, -0.25) is 14.9 Å². The molecule has 3 nitrogen and oxygen atoms in total. The number of fused-ring (bicyclic) bond motifs is 1. The summed E-state index contributed by atoms with van der Waals surface area (Å²) < 4.78 is 0. The molecule has 0 saturated heterocycles. The summed E-state index contributed by atoms with van der Waals surface area (Å²) in [4.78, 5) is 22.1. The topological polar surface area (TPSA) is 46.2 Å². The standard InChI is InChI=1S/C14H13NO2/c1-9-6-7-12(14(17)15-8-16)13-10(2)4-3-5-11(9)13/h3-8H,1-2H3,(H,15,16,17). The Bertz CT molecular complexity index is 602. The summed E-state index contributed by atoms with van der Waals surface area (Å²) in [6, 6.07) is 9.55. The highest BCUT2D eigenvalue weighted by Gasteiger charge is 2.12. The fraction of sp³-hybridized carbons (Fsp3) is 0.143. The van der Waals surface area contributed by atoms with Crippen molar-refractivity contribution in [3.05, 3.63) is 47.0 Å². The molecule has 0 aliphatic heterocycles. The van der Waals surface area contributed by atoms with Gasteiger partial charge in [0, 0.05) is 5.56 Å². The van der Waals surface area contributed by atoms with Gasteiger partial charge in [0.2, 0.25) is 6.41 Å². The fourth-order valence-electron chi connectivity index (χ4n) is 2.06. The van der Waals surface area contributed by atoms with Gasteiger partial charge in [0.25, 0.3) is 5.91 Å². The van der Waals surface area contributed by atoms with Gasteiger partial charge in [-0.25, -0.2) is 0 Å². The number of imide groups is 1. The molecular formula is C14H13NO2. The number of carbonyl (C=O) groups is 2. The lowest BCUT2D eigenvalue weighted by atomic mass is 9.96. The fourth-order valence-corrected chi connectivity index (χ4v) is 2.06. The Morgan fingerprint density at radius 3 is 2.59 bits per heavy atom. The lowest BCUT2D eigenvalue weighted by molar-refractivity contribution is -0.108. The summed E-state index contributed by atoms with van der Waals surface area (Å²) in [7, 11) is 0. The van der Waals surface area contributed by atoms with Crippen LogP contribution in [0, 0.1) is 13.8 Å². The molecule has 0 aliphatic carbocycles. The van der Waals surface area contributed by atoms with E-state index >= 15 is 0 Å². The molecule has 86 valence electrons. The van der Waals surface area contributed by atoms with E-state index in [1.54, 1.807) is 6.07 Å². The monoisotopic (exact) mass is 227 g/mol. The van der Waals surface area contributed by atoms with Crippen LogP contribution in [0.15, 0.2) is 30.3 Å². The van der Waals surface area contributed by atoms with Crippen molar-refractivity contribution >= 4 is 23.1 Å². The van der Waals surface area contributed by atoms with Crippen LogP contribution in [-0.2, 0) is 4.79 Å². The molecule has 0 atom stereocenters. The van der Waals surface area contributed by atoms with Crippen molar-refractivity contribution in [2.75, 3.05) is 0 Å². The molecule has 1 N–H and O–H groups in total. The molecule has 2 aromatic rings. The van der Waals surface area contributed by atoms with Crippen LogP contribution < -0.4 is 5.32 Å². The predicted octanol–water partition coefficient (Wildman–Crippen LogP) is 2.34. The number of hydrogen-bond acceptors (Lipinski definition) is 2. The van der Waals surface area contributed by atoms with Crippen LogP contribution in [0.4, 0.5) is 0 Å². The number of rotatable bonds is 2. The Morgan fingerprint density at radius 2 is 1.88 bits per heavy atom. The molecular weight excluding hydrogens is 214 g/mol. The largest absolute Gasteiger partial charge is 0.295 e. The quantitative estimate of drug-likeness (QED) is 0.800. The smallest absolute Gasteiger partial charge is 0.258 e. The maximum atomic E-state index is 11.8. The number of benzene rings is 2. The second kappa shape index (κ2) is 4.37. The Balaban J connectivity index is 2.77. The van der Waals surface area contributed by atoms with Gasteiger partial charge in [0.05, 0.1) is 0 Å². The molecule has 0 bridgehead atoms. The van der Waals surface area contributed by atoms with E-state index in [1.807, 2.05) is 38.1 Å². The molecule has 0 heterocycles. The van der Waals surface area contributed by atoms with Gasteiger partial charge in [-0.05, 0) is 41.8 Å². The van der Waals surface area contributed by atoms with Crippen LogP contribution in [0.25, 0.3) is 10.8 Å². The van der Waals surface area contributed by atoms with Gasteiger partial charge in [-0.1, -0.05) is 24.3 Å². The molecule has 2 rings (SSSR count). The Labute approximate surface area is 99.4 Å². The number of aryl methyl sites for hydroxylation is 2. The van der Waals surface area contributed by atoms with E-state index in [2.05, 4.69) is 5.32 Å². The summed E-state index contributed by atoms with van der Waals surface area (Å²) in [6.07, 6.45) is 0.409. The first-order valence-corrected chi connectivity index (χ1v) is 5.38. The van der Waals surface area contributed by atoms with Crippen molar-refractivity contribution in [1.82, 2.24) is 5.32 Å². The molecule has 3 heteroatoms. The minimum atomic E-state index is -0.362. The van der Waals surface area contributed by atoms with Crippen LogP contribution in [-0.4, -0.2) is 12.3 Å². The normalized spacial score (nSPS) is 10.2. The highest BCUT2D eigenvalue weighted by Crippen LogP contribution is 2.25.